The number of hydrogen-bond donors (Lipinski definition) is 0. The zero-order valence-electron chi connectivity index (χ0n) is 10.8. The molecule has 0 fully saturated rings. The van der Waals surface area contributed by atoms with E-state index in [9.17, 15) is 4.79 Å². The first kappa shape index (κ1) is 12.4. The molecule has 0 bridgehead atoms. The van der Waals surface area contributed by atoms with E-state index in [0.717, 1.165) is 5.56 Å². The predicted molar refractivity (Wildman–Crippen MR) is 65.4 cm³/mol. The molecule has 1 aromatic heterocycles. The summed E-state index contributed by atoms with van der Waals surface area (Å²) in [5.74, 6) is 0.909. The minimum absolute atomic E-state index is 0.0736. The van der Waals surface area contributed by atoms with Crippen LogP contribution in [-0.2, 0) is 11.3 Å². The summed E-state index contributed by atoms with van der Waals surface area (Å²) in [5, 5.41) is 11.0. The summed E-state index contributed by atoms with van der Waals surface area (Å²) in [5.41, 5.74) is 0.895. The smallest absolute Gasteiger partial charge is 0.378 e. The molecule has 0 aliphatic carbocycles. The Morgan fingerprint density at radius 1 is 1.40 bits per heavy atom. The molecule has 0 amide bonds. The summed E-state index contributed by atoms with van der Waals surface area (Å²) in [6, 6.07) is 5.51. The number of nitrogens with zero attached hydrogens (tertiary/aromatic N) is 4. The molecule has 0 spiro atoms. The first-order valence-corrected chi connectivity index (χ1v) is 6.09. The number of esters is 1. The zero-order chi connectivity index (χ0) is 13.9. The van der Waals surface area contributed by atoms with Crippen molar-refractivity contribution in [3.63, 3.8) is 0 Å². The van der Waals surface area contributed by atoms with E-state index in [2.05, 4.69) is 15.5 Å². The van der Waals surface area contributed by atoms with Crippen molar-refractivity contribution in [1.82, 2.24) is 20.2 Å². The molecule has 0 saturated carbocycles. The van der Waals surface area contributed by atoms with Crippen molar-refractivity contribution in [2.24, 2.45) is 0 Å². The van der Waals surface area contributed by atoms with Crippen molar-refractivity contribution in [2.45, 2.75) is 13.5 Å². The molecule has 3 rings (SSSR count). The molecule has 1 aromatic carbocycles. The van der Waals surface area contributed by atoms with Gasteiger partial charge in [-0.2, -0.15) is 0 Å². The van der Waals surface area contributed by atoms with Gasteiger partial charge >= 0.3 is 5.97 Å². The third-order valence-electron chi connectivity index (χ3n) is 2.76. The van der Waals surface area contributed by atoms with Gasteiger partial charge in [0.25, 0.3) is 5.82 Å². The maximum Gasteiger partial charge on any atom is 0.378 e. The fourth-order valence-electron chi connectivity index (χ4n) is 1.87. The van der Waals surface area contributed by atoms with Crippen molar-refractivity contribution >= 4 is 5.97 Å². The second-order valence-corrected chi connectivity index (χ2v) is 4.07. The Balaban J connectivity index is 1.81. The van der Waals surface area contributed by atoms with Gasteiger partial charge in [0.1, 0.15) is 0 Å². The van der Waals surface area contributed by atoms with E-state index >= 15 is 0 Å². The van der Waals surface area contributed by atoms with Crippen molar-refractivity contribution in [3.05, 3.63) is 29.6 Å². The number of carbonyl (C=O) groups excluding carboxylic acids is 1. The van der Waals surface area contributed by atoms with Crippen molar-refractivity contribution in [1.29, 1.82) is 0 Å². The summed E-state index contributed by atoms with van der Waals surface area (Å²) in [4.78, 5) is 11.7. The molecule has 0 atom stereocenters. The quantitative estimate of drug-likeness (QED) is 0.756. The normalized spacial score (nSPS) is 12.4. The maximum atomic E-state index is 11.7. The lowest BCUT2D eigenvalue weighted by Crippen LogP contribution is -2.15. The lowest BCUT2D eigenvalue weighted by molar-refractivity contribution is 0.0505. The van der Waals surface area contributed by atoms with E-state index < -0.39 is 5.97 Å². The van der Waals surface area contributed by atoms with Crippen LogP contribution in [0.2, 0.25) is 0 Å². The van der Waals surface area contributed by atoms with Crippen LogP contribution in [0.25, 0.3) is 0 Å². The number of fused-ring (bicyclic) bond motifs is 1. The highest BCUT2D eigenvalue weighted by Crippen LogP contribution is 2.32. The fraction of sp³-hybridized carbons (Fsp3) is 0.333. The van der Waals surface area contributed by atoms with E-state index in [-0.39, 0.29) is 19.2 Å². The van der Waals surface area contributed by atoms with Crippen LogP contribution in [0.15, 0.2) is 18.2 Å². The van der Waals surface area contributed by atoms with Crippen LogP contribution in [0.3, 0.4) is 0 Å². The van der Waals surface area contributed by atoms with Gasteiger partial charge in [-0.15, -0.1) is 5.10 Å². The number of rotatable bonds is 4. The van der Waals surface area contributed by atoms with Gasteiger partial charge in [-0.1, -0.05) is 6.07 Å². The number of hydrogen-bond acceptors (Lipinski definition) is 7. The van der Waals surface area contributed by atoms with Gasteiger partial charge in [-0.25, -0.2) is 9.48 Å². The van der Waals surface area contributed by atoms with Crippen LogP contribution in [-0.4, -0.2) is 39.6 Å². The molecular weight excluding hydrogens is 264 g/mol. The summed E-state index contributed by atoms with van der Waals surface area (Å²) >= 11 is 0. The highest BCUT2D eigenvalue weighted by atomic mass is 16.7. The van der Waals surface area contributed by atoms with Gasteiger partial charge in [0, 0.05) is 0 Å². The van der Waals surface area contributed by atoms with E-state index in [1.165, 1.54) is 4.68 Å². The number of carbonyl (C=O) groups is 1. The summed E-state index contributed by atoms with van der Waals surface area (Å²) in [6.07, 6.45) is 0. The molecule has 0 N–H and O–H groups in total. The van der Waals surface area contributed by atoms with E-state index in [1.807, 2.05) is 18.2 Å². The Morgan fingerprint density at radius 3 is 3.10 bits per heavy atom. The van der Waals surface area contributed by atoms with Gasteiger partial charge in [0.05, 0.1) is 13.2 Å². The Labute approximate surface area is 114 Å². The third kappa shape index (κ3) is 2.27. The minimum Gasteiger partial charge on any atom is -0.460 e. The highest BCUT2D eigenvalue weighted by molar-refractivity contribution is 5.85. The van der Waals surface area contributed by atoms with Gasteiger partial charge in [0.15, 0.2) is 11.5 Å². The fourth-order valence-corrected chi connectivity index (χ4v) is 1.87. The molecular formula is C12H12N4O4. The van der Waals surface area contributed by atoms with Crippen LogP contribution in [0.1, 0.15) is 23.1 Å². The van der Waals surface area contributed by atoms with Gasteiger partial charge in [-0.05, 0) is 35.0 Å². The lowest BCUT2D eigenvalue weighted by atomic mass is 10.2. The van der Waals surface area contributed by atoms with Crippen LogP contribution in [0, 0.1) is 0 Å². The molecule has 0 saturated heterocycles. The molecule has 8 nitrogen and oxygen atoms in total. The average molecular weight is 276 g/mol. The Bertz CT molecular complexity index is 640. The predicted octanol–water partition coefficient (Wildman–Crippen LogP) is 0.627. The van der Waals surface area contributed by atoms with E-state index in [0.29, 0.717) is 18.0 Å². The van der Waals surface area contributed by atoms with Crippen LogP contribution >= 0.6 is 0 Å². The number of tetrazole rings is 1. The van der Waals surface area contributed by atoms with Gasteiger partial charge in [-0.3, -0.25) is 0 Å². The van der Waals surface area contributed by atoms with Crippen molar-refractivity contribution in [2.75, 3.05) is 13.4 Å². The lowest BCUT2D eigenvalue weighted by Gasteiger charge is -2.05. The third-order valence-corrected chi connectivity index (χ3v) is 2.76. The first-order valence-electron chi connectivity index (χ1n) is 6.09. The second-order valence-electron chi connectivity index (χ2n) is 4.07. The molecule has 104 valence electrons. The molecule has 2 aromatic rings. The zero-order valence-corrected chi connectivity index (χ0v) is 10.8. The largest absolute Gasteiger partial charge is 0.460 e. The highest BCUT2D eigenvalue weighted by Gasteiger charge is 2.18. The second kappa shape index (κ2) is 5.16. The average Bonchev–Trinajstić information content (AvgIpc) is 3.07. The Morgan fingerprint density at radius 2 is 2.25 bits per heavy atom. The molecule has 0 radical (unpaired) electrons. The Kier molecular flexibility index (Phi) is 3.20. The van der Waals surface area contributed by atoms with Crippen LogP contribution in [0.5, 0.6) is 11.5 Å². The summed E-state index contributed by atoms with van der Waals surface area (Å²) in [6.45, 7) is 2.56. The minimum atomic E-state index is -0.543. The van der Waals surface area contributed by atoms with Gasteiger partial charge < -0.3 is 14.2 Å². The van der Waals surface area contributed by atoms with E-state index in [4.69, 9.17) is 14.2 Å². The number of ether oxygens (including phenoxy) is 3. The SMILES string of the molecule is CCOC(=O)c1nnnn1Cc1ccc2c(c1)OCO2. The van der Waals surface area contributed by atoms with Crippen molar-refractivity contribution < 1.29 is 19.0 Å². The van der Waals surface area contributed by atoms with Crippen LogP contribution in [0.4, 0.5) is 0 Å². The number of benzene rings is 1. The maximum absolute atomic E-state index is 11.7. The standard InChI is InChI=1S/C12H12N4O4/c1-2-18-12(17)11-13-14-15-16(11)6-8-3-4-9-10(5-8)20-7-19-9/h3-5H,2,6-7H2,1H3. The first-order chi connectivity index (χ1) is 9.78. The Hall–Kier alpha value is -2.64. The molecule has 0 unspecified atom stereocenters. The number of aromatic nitrogens is 4. The molecule has 20 heavy (non-hydrogen) atoms. The molecule has 1 aliphatic rings. The van der Waals surface area contributed by atoms with E-state index in [1.54, 1.807) is 6.92 Å². The molecule has 1 aliphatic heterocycles. The monoisotopic (exact) mass is 276 g/mol. The van der Waals surface area contributed by atoms with Crippen LogP contribution < -0.4 is 9.47 Å². The summed E-state index contributed by atoms with van der Waals surface area (Å²) < 4.78 is 16.8. The topological polar surface area (TPSA) is 88.4 Å². The molecule has 8 heteroatoms. The summed E-state index contributed by atoms with van der Waals surface area (Å²) in [7, 11) is 0. The molecule has 2 heterocycles. The van der Waals surface area contributed by atoms with Gasteiger partial charge in [0.2, 0.25) is 6.79 Å². The van der Waals surface area contributed by atoms with Crippen molar-refractivity contribution in [3.8, 4) is 11.5 Å².